The van der Waals surface area contributed by atoms with E-state index < -0.39 is 10.0 Å². The first-order valence-electron chi connectivity index (χ1n) is 10.3. The van der Waals surface area contributed by atoms with Crippen molar-refractivity contribution in [2.24, 2.45) is 0 Å². The Morgan fingerprint density at radius 2 is 1.74 bits per heavy atom. The van der Waals surface area contributed by atoms with E-state index in [0.29, 0.717) is 41.3 Å². The van der Waals surface area contributed by atoms with Crippen LogP contribution < -0.4 is 9.47 Å². The van der Waals surface area contributed by atoms with E-state index >= 15 is 0 Å². The molecule has 3 aliphatic rings. The van der Waals surface area contributed by atoms with Crippen LogP contribution in [0.2, 0.25) is 0 Å². The lowest BCUT2D eigenvalue weighted by Gasteiger charge is -2.41. The van der Waals surface area contributed by atoms with Crippen LogP contribution in [-0.2, 0) is 22.9 Å². The van der Waals surface area contributed by atoms with Crippen LogP contribution in [0.4, 0.5) is 0 Å². The molecule has 3 aromatic carbocycles. The Morgan fingerprint density at radius 3 is 2.55 bits per heavy atom. The summed E-state index contributed by atoms with van der Waals surface area (Å²) >= 11 is 0. The van der Waals surface area contributed by atoms with Crippen molar-refractivity contribution in [3.05, 3.63) is 70.8 Å². The molecule has 2 heterocycles. The van der Waals surface area contributed by atoms with Crippen molar-refractivity contribution in [2.45, 2.75) is 30.7 Å². The quantitative estimate of drug-likeness (QED) is 0.660. The van der Waals surface area contributed by atoms with Crippen LogP contribution in [0.3, 0.4) is 0 Å². The van der Waals surface area contributed by atoms with Crippen molar-refractivity contribution < 1.29 is 23.0 Å². The minimum Gasteiger partial charge on any atom is -0.507 e. The van der Waals surface area contributed by atoms with Gasteiger partial charge in [-0.1, -0.05) is 29.8 Å². The third-order valence-corrected chi connectivity index (χ3v) is 8.43. The second-order valence-corrected chi connectivity index (χ2v) is 10.2. The second-order valence-electron chi connectivity index (χ2n) is 8.26. The maximum atomic E-state index is 13.6. The monoisotopic (exact) mass is 435 g/mol. The van der Waals surface area contributed by atoms with Crippen LogP contribution in [0.15, 0.2) is 53.4 Å². The molecule has 31 heavy (non-hydrogen) atoms. The molecule has 6 nitrogen and oxygen atoms in total. The van der Waals surface area contributed by atoms with E-state index in [4.69, 9.17) is 9.47 Å². The summed E-state index contributed by atoms with van der Waals surface area (Å²) in [7, 11) is -3.70. The first kappa shape index (κ1) is 18.7. The van der Waals surface area contributed by atoms with Gasteiger partial charge in [0.25, 0.3) is 0 Å². The fourth-order valence-electron chi connectivity index (χ4n) is 5.05. The largest absolute Gasteiger partial charge is 0.507 e. The zero-order chi connectivity index (χ0) is 21.3. The molecule has 158 valence electrons. The molecule has 0 amide bonds. The van der Waals surface area contributed by atoms with E-state index in [2.05, 4.69) is 0 Å². The van der Waals surface area contributed by atoms with Crippen LogP contribution in [0, 0.1) is 6.92 Å². The zero-order valence-electron chi connectivity index (χ0n) is 17.0. The summed E-state index contributed by atoms with van der Waals surface area (Å²) in [6.45, 7) is 2.47. The number of ether oxygens (including phenoxy) is 2. The Balaban J connectivity index is 1.55. The molecule has 0 radical (unpaired) electrons. The van der Waals surface area contributed by atoms with Gasteiger partial charge in [-0.15, -0.1) is 0 Å². The Morgan fingerprint density at radius 1 is 0.968 bits per heavy atom. The second kappa shape index (κ2) is 6.48. The summed E-state index contributed by atoms with van der Waals surface area (Å²) in [5, 5.41) is 10.9. The van der Waals surface area contributed by atoms with Gasteiger partial charge in [-0.2, -0.15) is 4.31 Å². The highest BCUT2D eigenvalue weighted by molar-refractivity contribution is 7.89. The number of phenolic OH excluding ortho intramolecular Hbond substituents is 1. The number of aryl methyl sites for hydroxylation is 1. The molecule has 6 rings (SSSR count). The molecule has 0 saturated heterocycles. The smallest absolute Gasteiger partial charge is 0.243 e. The van der Waals surface area contributed by atoms with Crippen molar-refractivity contribution in [2.75, 3.05) is 13.3 Å². The summed E-state index contributed by atoms with van der Waals surface area (Å²) in [4.78, 5) is 0.291. The van der Waals surface area contributed by atoms with E-state index in [1.54, 1.807) is 22.5 Å². The Kier molecular flexibility index (Phi) is 3.91. The van der Waals surface area contributed by atoms with Gasteiger partial charge in [0, 0.05) is 17.7 Å². The van der Waals surface area contributed by atoms with Gasteiger partial charge in [0.15, 0.2) is 11.5 Å². The molecule has 1 unspecified atom stereocenters. The summed E-state index contributed by atoms with van der Waals surface area (Å²) < 4.78 is 40.1. The van der Waals surface area contributed by atoms with Gasteiger partial charge < -0.3 is 14.6 Å². The fraction of sp³-hybridized carbons (Fsp3) is 0.250. The minimum atomic E-state index is -3.70. The summed E-state index contributed by atoms with van der Waals surface area (Å²) in [6.07, 6.45) is 1.10. The third-order valence-electron chi connectivity index (χ3n) is 6.51. The molecular weight excluding hydrogens is 414 g/mol. The van der Waals surface area contributed by atoms with Gasteiger partial charge in [-0.3, -0.25) is 0 Å². The molecule has 1 N–H and O–H groups in total. The molecule has 0 bridgehead atoms. The van der Waals surface area contributed by atoms with E-state index in [-0.39, 0.29) is 18.6 Å². The molecule has 1 aliphatic carbocycles. The van der Waals surface area contributed by atoms with Gasteiger partial charge in [0.2, 0.25) is 16.8 Å². The van der Waals surface area contributed by atoms with Gasteiger partial charge in [0.1, 0.15) is 5.75 Å². The number of phenols is 1. The summed E-state index contributed by atoms with van der Waals surface area (Å²) in [6, 6.07) is 14.0. The predicted octanol–water partition coefficient (Wildman–Crippen LogP) is 3.94. The molecule has 1 atom stereocenters. The minimum absolute atomic E-state index is 0.128. The average Bonchev–Trinajstić information content (AvgIpc) is 3.24. The maximum Gasteiger partial charge on any atom is 0.243 e. The average molecular weight is 436 g/mol. The highest BCUT2D eigenvalue weighted by atomic mass is 32.2. The highest BCUT2D eigenvalue weighted by Crippen LogP contribution is 2.55. The standard InChI is InChI=1S/C24H21NO5S/c1-14-2-6-17(7-3-14)31(27,28)25-11-10-15-4-8-19(26)23-21(15)18(25)12-16-5-9-20-24(22(16)23)30-13-29-20/h2-9,18,26H,10-13H2,1H3. The number of benzene rings is 3. The molecule has 2 aliphatic heterocycles. The third kappa shape index (κ3) is 2.63. The Hall–Kier alpha value is -3.03. The lowest BCUT2D eigenvalue weighted by Crippen LogP contribution is -2.42. The van der Waals surface area contributed by atoms with Gasteiger partial charge in [0.05, 0.1) is 10.9 Å². The van der Waals surface area contributed by atoms with Crippen LogP contribution in [0.1, 0.15) is 28.3 Å². The van der Waals surface area contributed by atoms with Crippen LogP contribution in [0.5, 0.6) is 17.2 Å². The first-order valence-corrected chi connectivity index (χ1v) is 11.7. The molecule has 0 spiro atoms. The fourth-order valence-corrected chi connectivity index (χ4v) is 6.64. The van der Waals surface area contributed by atoms with Crippen molar-refractivity contribution in [1.82, 2.24) is 4.31 Å². The van der Waals surface area contributed by atoms with E-state index in [1.807, 2.05) is 37.3 Å². The summed E-state index contributed by atoms with van der Waals surface area (Å²) in [5.41, 5.74) is 5.37. The maximum absolute atomic E-state index is 13.6. The Labute approximate surface area is 180 Å². The normalized spacial score (nSPS) is 19.1. The molecule has 0 fully saturated rings. The molecule has 0 aromatic heterocycles. The topological polar surface area (TPSA) is 76.1 Å². The molecule has 0 saturated carbocycles. The number of hydrogen-bond acceptors (Lipinski definition) is 5. The molecular formula is C24H21NO5S. The predicted molar refractivity (Wildman–Crippen MR) is 115 cm³/mol. The Bertz CT molecular complexity index is 1330. The van der Waals surface area contributed by atoms with Crippen LogP contribution in [-0.4, -0.2) is 31.2 Å². The van der Waals surface area contributed by atoms with E-state index in [1.165, 1.54) is 0 Å². The molecule has 7 heteroatoms. The lowest BCUT2D eigenvalue weighted by molar-refractivity contribution is 0.174. The van der Waals surface area contributed by atoms with Gasteiger partial charge >= 0.3 is 0 Å². The van der Waals surface area contributed by atoms with Gasteiger partial charge in [-0.25, -0.2) is 8.42 Å². The van der Waals surface area contributed by atoms with Gasteiger partial charge in [-0.05, 0) is 60.7 Å². The van der Waals surface area contributed by atoms with Crippen molar-refractivity contribution in [1.29, 1.82) is 0 Å². The summed E-state index contributed by atoms with van der Waals surface area (Å²) in [5.74, 6) is 1.40. The number of sulfonamides is 1. The van der Waals surface area contributed by atoms with Crippen molar-refractivity contribution >= 4 is 10.0 Å². The number of aromatic hydroxyl groups is 1. The van der Waals surface area contributed by atoms with E-state index in [9.17, 15) is 13.5 Å². The zero-order valence-corrected chi connectivity index (χ0v) is 17.8. The number of rotatable bonds is 2. The van der Waals surface area contributed by atoms with Crippen LogP contribution >= 0.6 is 0 Å². The SMILES string of the molecule is Cc1ccc(S(=O)(=O)N2CCc3ccc(O)c4c3C2Cc2ccc3c(c2-4)OCO3)cc1. The number of fused-ring (bicyclic) bond motifs is 4. The van der Waals surface area contributed by atoms with Crippen molar-refractivity contribution in [3.8, 4) is 28.4 Å². The molecule has 3 aromatic rings. The van der Waals surface area contributed by atoms with Crippen LogP contribution in [0.25, 0.3) is 11.1 Å². The lowest BCUT2D eigenvalue weighted by atomic mass is 9.77. The highest BCUT2D eigenvalue weighted by Gasteiger charge is 2.43. The van der Waals surface area contributed by atoms with E-state index in [0.717, 1.165) is 27.8 Å². The number of hydrogen-bond donors (Lipinski definition) is 1. The first-order chi connectivity index (χ1) is 14.9. The number of nitrogens with zero attached hydrogens (tertiary/aromatic N) is 1. The van der Waals surface area contributed by atoms with Crippen molar-refractivity contribution in [3.63, 3.8) is 0 Å².